The molecule has 1 saturated carbocycles. The third-order valence-corrected chi connectivity index (χ3v) is 3.58. The van der Waals surface area contributed by atoms with E-state index in [9.17, 15) is 0 Å². The predicted molar refractivity (Wildman–Crippen MR) is 62.6 cm³/mol. The van der Waals surface area contributed by atoms with E-state index in [0.717, 1.165) is 18.0 Å². The van der Waals surface area contributed by atoms with Gasteiger partial charge in [-0.25, -0.2) is 0 Å². The molecular weight excluding hydrogens is 172 g/mol. The average Bonchev–Trinajstić information content (AvgIpc) is 2.99. The van der Waals surface area contributed by atoms with E-state index in [-0.39, 0.29) is 1.43 Å². The van der Waals surface area contributed by atoms with Crippen LogP contribution < -0.4 is 5.32 Å². The van der Waals surface area contributed by atoms with Gasteiger partial charge in [0.2, 0.25) is 0 Å². The van der Waals surface area contributed by atoms with Crippen LogP contribution in [0.5, 0.6) is 0 Å². The number of piperidine rings is 1. The molecule has 2 fully saturated rings. The minimum atomic E-state index is 0. The SMILES string of the molecule is CC(C)N1CCC[C@@H](NCC2CC2)C1.[HH]. The van der Waals surface area contributed by atoms with Gasteiger partial charge in [-0.2, -0.15) is 0 Å². The summed E-state index contributed by atoms with van der Waals surface area (Å²) in [5.41, 5.74) is 0. The number of nitrogens with one attached hydrogen (secondary N) is 1. The lowest BCUT2D eigenvalue weighted by Gasteiger charge is -2.35. The highest BCUT2D eigenvalue weighted by atomic mass is 15.2. The molecule has 0 radical (unpaired) electrons. The predicted octanol–water partition coefficient (Wildman–Crippen LogP) is 2.10. The monoisotopic (exact) mass is 198 g/mol. The molecule has 2 rings (SSSR count). The standard InChI is InChI=1S/C12H24N2.H2/c1-10(2)14-7-3-4-12(9-14)13-8-11-5-6-11;/h10-13H,3-9H2,1-2H3;1H/t12-;/m1./s1. The maximum atomic E-state index is 3.73. The zero-order chi connectivity index (χ0) is 9.97. The van der Waals surface area contributed by atoms with Crippen molar-refractivity contribution in [1.29, 1.82) is 0 Å². The number of likely N-dealkylation sites (tertiary alicyclic amines) is 1. The second-order valence-electron chi connectivity index (χ2n) is 5.28. The second-order valence-corrected chi connectivity index (χ2v) is 5.28. The lowest BCUT2D eigenvalue weighted by atomic mass is 10.0. The molecule has 0 spiro atoms. The lowest BCUT2D eigenvalue weighted by molar-refractivity contribution is 0.154. The zero-order valence-electron chi connectivity index (χ0n) is 9.63. The van der Waals surface area contributed by atoms with E-state index >= 15 is 0 Å². The van der Waals surface area contributed by atoms with Gasteiger partial charge < -0.3 is 5.32 Å². The summed E-state index contributed by atoms with van der Waals surface area (Å²) in [6.45, 7) is 8.47. The van der Waals surface area contributed by atoms with Crippen LogP contribution in [0.15, 0.2) is 0 Å². The second kappa shape index (κ2) is 4.63. The molecule has 0 aromatic rings. The van der Waals surface area contributed by atoms with Gasteiger partial charge in [-0.05, 0) is 58.5 Å². The summed E-state index contributed by atoms with van der Waals surface area (Å²) in [5, 5.41) is 3.73. The van der Waals surface area contributed by atoms with Gasteiger partial charge in [0.05, 0.1) is 0 Å². The van der Waals surface area contributed by atoms with Gasteiger partial charge in [0.25, 0.3) is 0 Å². The van der Waals surface area contributed by atoms with Crippen LogP contribution in [0.3, 0.4) is 0 Å². The van der Waals surface area contributed by atoms with Crippen molar-refractivity contribution in [3.05, 3.63) is 0 Å². The van der Waals surface area contributed by atoms with Crippen molar-refractivity contribution < 1.29 is 1.43 Å². The van der Waals surface area contributed by atoms with Crippen LogP contribution in [0.1, 0.15) is 41.0 Å². The maximum absolute atomic E-state index is 3.73. The fourth-order valence-corrected chi connectivity index (χ4v) is 2.30. The van der Waals surface area contributed by atoms with E-state index in [4.69, 9.17) is 0 Å². The van der Waals surface area contributed by atoms with Gasteiger partial charge in [-0.15, -0.1) is 0 Å². The van der Waals surface area contributed by atoms with Crippen LogP contribution in [0, 0.1) is 5.92 Å². The van der Waals surface area contributed by atoms with E-state index in [1.807, 2.05) is 0 Å². The Morgan fingerprint density at radius 2 is 2.14 bits per heavy atom. The molecule has 1 N–H and O–H groups in total. The Balaban J connectivity index is 0.00000112. The van der Waals surface area contributed by atoms with Crippen LogP contribution >= 0.6 is 0 Å². The molecule has 0 amide bonds. The van der Waals surface area contributed by atoms with Gasteiger partial charge in [-0.1, -0.05) is 0 Å². The molecule has 84 valence electrons. The summed E-state index contributed by atoms with van der Waals surface area (Å²) in [5.74, 6) is 1.02. The molecule has 0 bridgehead atoms. The van der Waals surface area contributed by atoms with Gasteiger partial charge >= 0.3 is 0 Å². The summed E-state index contributed by atoms with van der Waals surface area (Å²) in [4.78, 5) is 2.61. The molecule has 1 aliphatic heterocycles. The van der Waals surface area contributed by atoms with Gasteiger partial charge in [-0.3, -0.25) is 4.90 Å². The van der Waals surface area contributed by atoms with Gasteiger partial charge in [0.1, 0.15) is 0 Å². The molecule has 1 heterocycles. The molecule has 1 atom stereocenters. The highest BCUT2D eigenvalue weighted by Crippen LogP contribution is 2.28. The molecule has 14 heavy (non-hydrogen) atoms. The topological polar surface area (TPSA) is 15.3 Å². The fourth-order valence-electron chi connectivity index (χ4n) is 2.30. The Morgan fingerprint density at radius 3 is 2.79 bits per heavy atom. The first-order chi connectivity index (χ1) is 6.75. The van der Waals surface area contributed by atoms with Crippen molar-refractivity contribution >= 4 is 0 Å². The highest BCUT2D eigenvalue weighted by molar-refractivity contribution is 4.83. The van der Waals surface area contributed by atoms with Crippen LogP contribution in [0.25, 0.3) is 0 Å². The van der Waals surface area contributed by atoms with Crippen LogP contribution in [0.4, 0.5) is 0 Å². The van der Waals surface area contributed by atoms with E-state index in [1.165, 1.54) is 45.3 Å². The Hall–Kier alpha value is -0.0800. The average molecular weight is 198 g/mol. The zero-order valence-corrected chi connectivity index (χ0v) is 9.63. The molecule has 1 saturated heterocycles. The minimum absolute atomic E-state index is 0. The number of hydrogen-bond donors (Lipinski definition) is 1. The fraction of sp³-hybridized carbons (Fsp3) is 1.00. The van der Waals surface area contributed by atoms with Crippen LogP contribution in [-0.2, 0) is 0 Å². The Bertz CT molecular complexity index is 180. The molecule has 0 aromatic heterocycles. The molecule has 0 aromatic carbocycles. The number of nitrogens with zero attached hydrogens (tertiary/aromatic N) is 1. The van der Waals surface area contributed by atoms with Gasteiger partial charge in [0.15, 0.2) is 0 Å². The van der Waals surface area contributed by atoms with E-state index in [2.05, 4.69) is 24.1 Å². The van der Waals surface area contributed by atoms with Crippen molar-refractivity contribution in [2.24, 2.45) is 5.92 Å². The Labute approximate surface area is 89.5 Å². The van der Waals surface area contributed by atoms with Crippen LogP contribution in [0.2, 0.25) is 0 Å². The summed E-state index contributed by atoms with van der Waals surface area (Å²) >= 11 is 0. The van der Waals surface area contributed by atoms with Crippen molar-refractivity contribution in [2.75, 3.05) is 19.6 Å². The molecular formula is C12H26N2. The maximum Gasteiger partial charge on any atom is 0.0195 e. The minimum Gasteiger partial charge on any atom is -0.312 e. The normalized spacial score (nSPS) is 29.8. The third kappa shape index (κ3) is 2.96. The molecule has 2 aliphatic rings. The Kier molecular flexibility index (Phi) is 3.45. The third-order valence-electron chi connectivity index (χ3n) is 3.58. The molecule has 2 nitrogen and oxygen atoms in total. The van der Waals surface area contributed by atoms with E-state index < -0.39 is 0 Å². The van der Waals surface area contributed by atoms with Crippen molar-refractivity contribution in [2.45, 2.75) is 51.6 Å². The number of rotatable bonds is 4. The highest BCUT2D eigenvalue weighted by Gasteiger charge is 2.25. The summed E-state index contributed by atoms with van der Waals surface area (Å²) in [6, 6.07) is 1.49. The van der Waals surface area contributed by atoms with E-state index in [1.54, 1.807) is 0 Å². The van der Waals surface area contributed by atoms with Crippen molar-refractivity contribution in [3.63, 3.8) is 0 Å². The van der Waals surface area contributed by atoms with E-state index in [0.29, 0.717) is 0 Å². The molecule has 0 unspecified atom stereocenters. The number of hydrogen-bond acceptors (Lipinski definition) is 2. The summed E-state index contributed by atoms with van der Waals surface area (Å²) in [6.07, 6.45) is 5.69. The summed E-state index contributed by atoms with van der Waals surface area (Å²) < 4.78 is 0. The lowest BCUT2D eigenvalue weighted by Crippen LogP contribution is -2.48. The first kappa shape index (κ1) is 10.4. The van der Waals surface area contributed by atoms with Crippen molar-refractivity contribution in [3.8, 4) is 0 Å². The first-order valence-electron chi connectivity index (χ1n) is 6.23. The molecule has 2 heteroatoms. The molecule has 1 aliphatic carbocycles. The van der Waals surface area contributed by atoms with Crippen molar-refractivity contribution in [1.82, 2.24) is 10.2 Å². The first-order valence-corrected chi connectivity index (χ1v) is 6.23. The summed E-state index contributed by atoms with van der Waals surface area (Å²) in [7, 11) is 0. The smallest absolute Gasteiger partial charge is 0.0195 e. The quantitative estimate of drug-likeness (QED) is 0.744. The largest absolute Gasteiger partial charge is 0.312 e. The van der Waals surface area contributed by atoms with Crippen LogP contribution in [-0.4, -0.2) is 36.6 Å². The Morgan fingerprint density at radius 1 is 1.36 bits per heavy atom. The van der Waals surface area contributed by atoms with Gasteiger partial charge in [0, 0.05) is 20.1 Å².